The minimum atomic E-state index is -0.301. The van der Waals surface area contributed by atoms with Gasteiger partial charge in [0.15, 0.2) is 0 Å². The molecule has 2 rings (SSSR count). The van der Waals surface area contributed by atoms with E-state index in [2.05, 4.69) is 16.4 Å². The Labute approximate surface area is 65.4 Å². The molecule has 1 radical (unpaired) electrons. The van der Waals surface area contributed by atoms with Gasteiger partial charge in [0, 0.05) is 6.20 Å². The maximum Gasteiger partial charge on any atom is 0.144 e. The highest BCUT2D eigenvalue weighted by atomic mass is 15.0. The number of rotatable bonds is 1. The van der Waals surface area contributed by atoms with Crippen molar-refractivity contribution in [1.29, 1.82) is 5.26 Å². The first-order valence-electron chi connectivity index (χ1n) is 3.69. The molecule has 55 valence electrons. The Bertz CT molecular complexity index is 266. The molecule has 0 saturated heterocycles. The van der Waals surface area contributed by atoms with Crippen LogP contribution in [0.4, 0.5) is 0 Å². The first kappa shape index (κ1) is 6.41. The van der Waals surface area contributed by atoms with Gasteiger partial charge < -0.3 is 0 Å². The summed E-state index contributed by atoms with van der Waals surface area (Å²) in [5.74, 6) is 0.738. The Morgan fingerprint density at radius 2 is 2.36 bits per heavy atom. The number of amidine groups is 1. The van der Waals surface area contributed by atoms with Crippen molar-refractivity contribution in [1.82, 2.24) is 5.32 Å². The van der Waals surface area contributed by atoms with Crippen LogP contribution in [0.3, 0.4) is 0 Å². The Morgan fingerprint density at radius 1 is 1.55 bits per heavy atom. The van der Waals surface area contributed by atoms with Crippen LogP contribution in [-0.4, -0.2) is 12.4 Å². The van der Waals surface area contributed by atoms with Crippen molar-refractivity contribution in [2.24, 2.45) is 10.4 Å². The van der Waals surface area contributed by atoms with E-state index in [9.17, 15) is 0 Å². The molecule has 1 saturated carbocycles. The summed E-state index contributed by atoms with van der Waals surface area (Å²) in [5.41, 5.74) is -0.301. The van der Waals surface area contributed by atoms with Gasteiger partial charge in [-0.05, 0) is 18.9 Å². The van der Waals surface area contributed by atoms with Crippen molar-refractivity contribution in [2.45, 2.75) is 12.8 Å². The Kier molecular flexibility index (Phi) is 1.22. The SMILES string of the molecule is N#CC1(C2=NC=CC[N]2)CC1. The number of nitriles is 1. The van der Waals surface area contributed by atoms with Crippen molar-refractivity contribution in [3.63, 3.8) is 0 Å². The lowest BCUT2D eigenvalue weighted by Gasteiger charge is -2.10. The Morgan fingerprint density at radius 3 is 2.82 bits per heavy atom. The van der Waals surface area contributed by atoms with Crippen LogP contribution >= 0.6 is 0 Å². The van der Waals surface area contributed by atoms with Crippen molar-refractivity contribution >= 4 is 5.84 Å². The largest absolute Gasteiger partial charge is 0.265 e. The topological polar surface area (TPSA) is 50.2 Å². The normalized spacial score (nSPS) is 24.8. The molecule has 1 aliphatic carbocycles. The molecule has 11 heavy (non-hydrogen) atoms. The van der Waals surface area contributed by atoms with E-state index in [-0.39, 0.29) is 5.41 Å². The van der Waals surface area contributed by atoms with Crippen LogP contribution in [0, 0.1) is 16.7 Å². The van der Waals surface area contributed by atoms with Gasteiger partial charge in [0.1, 0.15) is 11.3 Å². The Balaban J connectivity index is 2.22. The third-order valence-electron chi connectivity index (χ3n) is 2.04. The lowest BCUT2D eigenvalue weighted by atomic mass is 10.1. The van der Waals surface area contributed by atoms with Gasteiger partial charge in [-0.1, -0.05) is 0 Å². The summed E-state index contributed by atoms with van der Waals surface area (Å²) in [6, 6.07) is 2.26. The predicted octanol–water partition coefficient (Wildman–Crippen LogP) is 0.820. The second kappa shape index (κ2) is 2.09. The molecule has 1 fully saturated rings. The van der Waals surface area contributed by atoms with E-state index in [4.69, 9.17) is 5.26 Å². The van der Waals surface area contributed by atoms with Gasteiger partial charge in [0.25, 0.3) is 0 Å². The third kappa shape index (κ3) is 0.911. The monoisotopic (exact) mass is 146 g/mol. The molecular formula is C8H8N3. The summed E-state index contributed by atoms with van der Waals surface area (Å²) < 4.78 is 0. The molecule has 1 aliphatic heterocycles. The molecule has 0 unspecified atom stereocenters. The highest BCUT2D eigenvalue weighted by molar-refractivity contribution is 5.93. The van der Waals surface area contributed by atoms with E-state index in [0.717, 1.165) is 18.7 Å². The maximum absolute atomic E-state index is 8.79. The fourth-order valence-electron chi connectivity index (χ4n) is 1.14. The van der Waals surface area contributed by atoms with E-state index in [0.29, 0.717) is 6.54 Å². The van der Waals surface area contributed by atoms with Crippen LogP contribution in [0.15, 0.2) is 17.3 Å². The van der Waals surface area contributed by atoms with Gasteiger partial charge in [-0.3, -0.25) is 5.32 Å². The number of hydrogen-bond donors (Lipinski definition) is 0. The first-order chi connectivity index (χ1) is 5.37. The van der Waals surface area contributed by atoms with E-state index >= 15 is 0 Å². The average Bonchev–Trinajstić information content (AvgIpc) is 2.86. The lowest BCUT2D eigenvalue weighted by molar-refractivity contribution is 0.831. The van der Waals surface area contributed by atoms with Gasteiger partial charge in [0.2, 0.25) is 0 Å². The minimum Gasteiger partial charge on any atom is -0.265 e. The molecule has 0 bridgehead atoms. The van der Waals surface area contributed by atoms with E-state index in [1.807, 2.05) is 6.08 Å². The molecule has 0 spiro atoms. The average molecular weight is 146 g/mol. The zero-order valence-corrected chi connectivity index (χ0v) is 6.12. The van der Waals surface area contributed by atoms with Crippen LogP contribution in [0.2, 0.25) is 0 Å². The molecule has 3 nitrogen and oxygen atoms in total. The zero-order chi connectivity index (χ0) is 7.73. The molecular weight excluding hydrogens is 138 g/mol. The van der Waals surface area contributed by atoms with E-state index < -0.39 is 0 Å². The van der Waals surface area contributed by atoms with Crippen molar-refractivity contribution in [3.05, 3.63) is 12.3 Å². The first-order valence-corrected chi connectivity index (χ1v) is 3.69. The van der Waals surface area contributed by atoms with Gasteiger partial charge in [0.05, 0.1) is 12.6 Å². The zero-order valence-electron chi connectivity index (χ0n) is 6.12. The molecule has 0 atom stereocenters. The van der Waals surface area contributed by atoms with Gasteiger partial charge >= 0.3 is 0 Å². The van der Waals surface area contributed by atoms with Crippen molar-refractivity contribution in [3.8, 4) is 6.07 Å². The van der Waals surface area contributed by atoms with Crippen LogP contribution < -0.4 is 5.32 Å². The molecule has 0 N–H and O–H groups in total. The molecule has 0 aromatic heterocycles. The molecule has 1 heterocycles. The summed E-state index contributed by atoms with van der Waals surface area (Å²) in [6.45, 7) is 0.683. The molecule has 3 heteroatoms. The smallest absolute Gasteiger partial charge is 0.144 e. The lowest BCUT2D eigenvalue weighted by Crippen LogP contribution is -2.27. The maximum atomic E-state index is 8.79. The summed E-state index contributed by atoms with van der Waals surface area (Å²) in [6.07, 6.45) is 5.48. The third-order valence-corrected chi connectivity index (χ3v) is 2.04. The number of hydrogen-bond acceptors (Lipinski definition) is 2. The van der Waals surface area contributed by atoms with Gasteiger partial charge in [-0.2, -0.15) is 5.26 Å². The number of aliphatic imine (C=N–C) groups is 1. The second-order valence-electron chi connectivity index (χ2n) is 2.87. The van der Waals surface area contributed by atoms with Crippen LogP contribution in [0.1, 0.15) is 12.8 Å². The summed E-state index contributed by atoms with van der Waals surface area (Å²) in [7, 11) is 0. The molecule has 0 aromatic carbocycles. The highest BCUT2D eigenvalue weighted by Gasteiger charge is 2.49. The quantitative estimate of drug-likeness (QED) is 0.540. The van der Waals surface area contributed by atoms with Crippen LogP contribution in [-0.2, 0) is 0 Å². The van der Waals surface area contributed by atoms with E-state index in [1.54, 1.807) is 6.20 Å². The molecule has 0 amide bonds. The van der Waals surface area contributed by atoms with E-state index in [1.165, 1.54) is 0 Å². The summed E-state index contributed by atoms with van der Waals surface area (Å²) in [4.78, 5) is 4.08. The highest BCUT2D eigenvalue weighted by Crippen LogP contribution is 2.46. The fourth-order valence-corrected chi connectivity index (χ4v) is 1.14. The number of nitrogens with zero attached hydrogens (tertiary/aromatic N) is 3. The second-order valence-corrected chi connectivity index (χ2v) is 2.87. The van der Waals surface area contributed by atoms with Crippen molar-refractivity contribution < 1.29 is 0 Å². The van der Waals surface area contributed by atoms with Crippen molar-refractivity contribution in [2.75, 3.05) is 6.54 Å². The summed E-state index contributed by atoms with van der Waals surface area (Å²) in [5, 5.41) is 13.0. The summed E-state index contributed by atoms with van der Waals surface area (Å²) >= 11 is 0. The molecule has 0 aromatic rings. The minimum absolute atomic E-state index is 0.301. The fraction of sp³-hybridized carbons (Fsp3) is 0.500. The Hall–Kier alpha value is -1.30. The predicted molar refractivity (Wildman–Crippen MR) is 40.9 cm³/mol. The van der Waals surface area contributed by atoms with Crippen LogP contribution in [0.25, 0.3) is 0 Å². The van der Waals surface area contributed by atoms with Gasteiger partial charge in [-0.25, -0.2) is 4.99 Å². The van der Waals surface area contributed by atoms with Crippen LogP contribution in [0.5, 0.6) is 0 Å². The molecule has 2 aliphatic rings. The standard InChI is InChI=1S/C8H8N3/c9-6-8(2-3-8)7-10-4-1-5-11-7/h1,4H,2-3,5H2. The van der Waals surface area contributed by atoms with Gasteiger partial charge in [-0.15, -0.1) is 0 Å².